The molecule has 1 saturated carbocycles. The molecule has 0 unspecified atom stereocenters. The van der Waals surface area contributed by atoms with Gasteiger partial charge in [-0.2, -0.15) is 4.31 Å². The maximum absolute atomic E-state index is 13.1. The first-order valence-corrected chi connectivity index (χ1v) is 9.61. The fourth-order valence-electron chi connectivity index (χ4n) is 2.77. The number of benzene rings is 2. The van der Waals surface area contributed by atoms with Crippen LogP contribution in [-0.2, 0) is 16.6 Å². The lowest BCUT2D eigenvalue weighted by Gasteiger charge is -2.28. The molecule has 0 aromatic heterocycles. The van der Waals surface area contributed by atoms with Crippen molar-refractivity contribution in [2.75, 3.05) is 0 Å². The second-order valence-corrected chi connectivity index (χ2v) is 8.39. The van der Waals surface area contributed by atoms with Gasteiger partial charge in [0.25, 0.3) is 0 Å². The molecule has 1 aliphatic rings. The van der Waals surface area contributed by atoms with Gasteiger partial charge < -0.3 is 0 Å². The van der Waals surface area contributed by atoms with Crippen LogP contribution in [0.1, 0.15) is 25.3 Å². The minimum Gasteiger partial charge on any atom is -0.207 e. The van der Waals surface area contributed by atoms with Crippen molar-refractivity contribution < 1.29 is 8.42 Å². The molecule has 1 fully saturated rings. The van der Waals surface area contributed by atoms with E-state index in [9.17, 15) is 8.42 Å². The SMILES string of the molecule is C[C@H](C1CC1)N(Cc1ccccc1)S(=O)(=O)c1ccc(Cl)cc1. The van der Waals surface area contributed by atoms with E-state index in [4.69, 9.17) is 11.6 Å². The van der Waals surface area contributed by atoms with Crippen molar-refractivity contribution in [3.05, 3.63) is 65.2 Å². The third kappa shape index (κ3) is 3.77. The van der Waals surface area contributed by atoms with E-state index in [-0.39, 0.29) is 6.04 Å². The molecule has 2 aromatic rings. The summed E-state index contributed by atoms with van der Waals surface area (Å²) < 4.78 is 27.8. The summed E-state index contributed by atoms with van der Waals surface area (Å²) in [5.74, 6) is 0.459. The fourth-order valence-corrected chi connectivity index (χ4v) is 4.57. The highest BCUT2D eigenvalue weighted by Gasteiger charge is 2.38. The zero-order valence-electron chi connectivity index (χ0n) is 13.0. The highest BCUT2D eigenvalue weighted by atomic mass is 35.5. The maximum Gasteiger partial charge on any atom is 0.243 e. The second-order valence-electron chi connectivity index (χ2n) is 6.07. The van der Waals surface area contributed by atoms with Crippen LogP contribution in [0.4, 0.5) is 0 Å². The number of hydrogen-bond donors (Lipinski definition) is 0. The Kier molecular flexibility index (Phi) is 4.76. The van der Waals surface area contributed by atoms with Gasteiger partial charge in [-0.25, -0.2) is 8.42 Å². The van der Waals surface area contributed by atoms with E-state index >= 15 is 0 Å². The van der Waals surface area contributed by atoms with Crippen LogP contribution in [0, 0.1) is 5.92 Å². The smallest absolute Gasteiger partial charge is 0.207 e. The quantitative estimate of drug-likeness (QED) is 0.778. The van der Waals surface area contributed by atoms with Crippen LogP contribution in [0.2, 0.25) is 5.02 Å². The third-order valence-electron chi connectivity index (χ3n) is 4.36. The molecule has 5 heteroatoms. The van der Waals surface area contributed by atoms with Gasteiger partial charge in [-0.1, -0.05) is 41.9 Å². The number of sulfonamides is 1. The van der Waals surface area contributed by atoms with Crippen molar-refractivity contribution in [3.8, 4) is 0 Å². The Bertz CT molecular complexity index is 755. The highest BCUT2D eigenvalue weighted by molar-refractivity contribution is 7.89. The van der Waals surface area contributed by atoms with E-state index in [1.807, 2.05) is 37.3 Å². The Morgan fingerprint density at radius 1 is 1.09 bits per heavy atom. The molecular weight excluding hydrogens is 330 g/mol. The Morgan fingerprint density at radius 2 is 1.70 bits per heavy atom. The summed E-state index contributed by atoms with van der Waals surface area (Å²) >= 11 is 5.89. The summed E-state index contributed by atoms with van der Waals surface area (Å²) in [5.41, 5.74) is 0.998. The lowest BCUT2D eigenvalue weighted by molar-refractivity contribution is 0.303. The van der Waals surface area contributed by atoms with Gasteiger partial charge in [-0.15, -0.1) is 0 Å². The zero-order valence-corrected chi connectivity index (χ0v) is 14.6. The van der Waals surface area contributed by atoms with Gasteiger partial charge in [0.1, 0.15) is 0 Å². The average molecular weight is 350 g/mol. The van der Waals surface area contributed by atoms with Crippen molar-refractivity contribution >= 4 is 21.6 Å². The Morgan fingerprint density at radius 3 is 2.26 bits per heavy atom. The molecule has 122 valence electrons. The molecule has 0 N–H and O–H groups in total. The Hall–Kier alpha value is -1.36. The van der Waals surface area contributed by atoms with E-state index in [0.29, 0.717) is 22.4 Å². The molecule has 0 saturated heterocycles. The lowest BCUT2D eigenvalue weighted by Crippen LogP contribution is -2.39. The van der Waals surface area contributed by atoms with Gasteiger partial charge in [0.15, 0.2) is 0 Å². The molecule has 0 amide bonds. The fraction of sp³-hybridized carbons (Fsp3) is 0.333. The van der Waals surface area contributed by atoms with E-state index in [1.54, 1.807) is 28.6 Å². The summed E-state index contributed by atoms with van der Waals surface area (Å²) in [4.78, 5) is 0.297. The van der Waals surface area contributed by atoms with Gasteiger partial charge in [0, 0.05) is 17.6 Å². The summed E-state index contributed by atoms with van der Waals surface area (Å²) in [5, 5.41) is 0.536. The zero-order chi connectivity index (χ0) is 16.4. The van der Waals surface area contributed by atoms with Crippen LogP contribution in [0.5, 0.6) is 0 Å². The molecule has 0 bridgehead atoms. The van der Waals surface area contributed by atoms with Crippen LogP contribution < -0.4 is 0 Å². The molecule has 2 aromatic carbocycles. The van der Waals surface area contributed by atoms with E-state index in [1.165, 1.54) is 0 Å². The molecule has 3 rings (SSSR count). The van der Waals surface area contributed by atoms with Crippen LogP contribution in [0.3, 0.4) is 0 Å². The maximum atomic E-state index is 13.1. The molecule has 1 aliphatic carbocycles. The summed E-state index contributed by atoms with van der Waals surface area (Å²) in [7, 11) is -3.55. The number of hydrogen-bond acceptors (Lipinski definition) is 2. The predicted octanol–water partition coefficient (Wildman–Crippen LogP) is 4.33. The first-order chi connectivity index (χ1) is 11.0. The highest BCUT2D eigenvalue weighted by Crippen LogP contribution is 2.37. The standard InChI is InChI=1S/C18H20ClNO2S/c1-14(16-7-8-16)20(13-15-5-3-2-4-6-15)23(21,22)18-11-9-17(19)10-12-18/h2-6,9-12,14,16H,7-8,13H2,1H3/t14-/m1/s1. The molecular formula is C18H20ClNO2S. The van der Waals surface area contributed by atoms with Crippen molar-refractivity contribution in [3.63, 3.8) is 0 Å². The topological polar surface area (TPSA) is 37.4 Å². The van der Waals surface area contributed by atoms with Crippen LogP contribution in [0.25, 0.3) is 0 Å². The monoisotopic (exact) mass is 349 g/mol. The molecule has 0 radical (unpaired) electrons. The predicted molar refractivity (Wildman–Crippen MR) is 92.8 cm³/mol. The molecule has 3 nitrogen and oxygen atoms in total. The van der Waals surface area contributed by atoms with Gasteiger partial charge in [-0.05, 0) is 55.5 Å². The van der Waals surface area contributed by atoms with Gasteiger partial charge in [0.2, 0.25) is 10.0 Å². The second kappa shape index (κ2) is 6.63. The molecule has 23 heavy (non-hydrogen) atoms. The van der Waals surface area contributed by atoms with Crippen LogP contribution in [-0.4, -0.2) is 18.8 Å². The van der Waals surface area contributed by atoms with E-state index in [2.05, 4.69) is 0 Å². The summed E-state index contributed by atoms with van der Waals surface area (Å²) in [6.45, 7) is 2.40. The van der Waals surface area contributed by atoms with Crippen LogP contribution >= 0.6 is 11.6 Å². The first-order valence-electron chi connectivity index (χ1n) is 7.80. The minimum atomic E-state index is -3.55. The number of halogens is 1. The first kappa shape index (κ1) is 16.5. The molecule has 1 atom stereocenters. The molecule has 0 spiro atoms. The van der Waals surface area contributed by atoms with Crippen LogP contribution in [0.15, 0.2) is 59.5 Å². The van der Waals surface area contributed by atoms with Crippen molar-refractivity contribution in [2.45, 2.75) is 37.2 Å². The number of nitrogens with zero attached hydrogens (tertiary/aromatic N) is 1. The minimum absolute atomic E-state index is 0.00381. The summed E-state index contributed by atoms with van der Waals surface area (Å²) in [6, 6.07) is 16.1. The van der Waals surface area contributed by atoms with Crippen molar-refractivity contribution in [1.29, 1.82) is 0 Å². The largest absolute Gasteiger partial charge is 0.243 e. The van der Waals surface area contributed by atoms with Gasteiger partial charge in [-0.3, -0.25) is 0 Å². The molecule has 0 aliphatic heterocycles. The van der Waals surface area contributed by atoms with E-state index < -0.39 is 10.0 Å². The molecule has 0 heterocycles. The summed E-state index contributed by atoms with van der Waals surface area (Å²) in [6.07, 6.45) is 2.20. The van der Waals surface area contributed by atoms with Gasteiger partial charge >= 0.3 is 0 Å². The normalized spacial score (nSPS) is 16.5. The van der Waals surface area contributed by atoms with E-state index in [0.717, 1.165) is 18.4 Å². The Labute approximate surface area is 142 Å². The van der Waals surface area contributed by atoms with Crippen molar-refractivity contribution in [1.82, 2.24) is 4.31 Å². The Balaban J connectivity index is 1.94. The lowest BCUT2D eigenvalue weighted by atomic mass is 10.2. The number of rotatable bonds is 6. The van der Waals surface area contributed by atoms with Crippen molar-refractivity contribution in [2.24, 2.45) is 5.92 Å². The average Bonchev–Trinajstić information content (AvgIpc) is 3.38. The third-order valence-corrected chi connectivity index (χ3v) is 6.56. The van der Waals surface area contributed by atoms with Gasteiger partial charge in [0.05, 0.1) is 4.90 Å².